The van der Waals surface area contributed by atoms with E-state index in [1.54, 1.807) is 0 Å². The molecule has 3 heteroatoms. The van der Waals surface area contributed by atoms with Gasteiger partial charge in [0.25, 0.3) is 0 Å². The lowest BCUT2D eigenvalue weighted by atomic mass is 9.80. The fourth-order valence-corrected chi connectivity index (χ4v) is 3.84. The van der Waals surface area contributed by atoms with Gasteiger partial charge in [-0.3, -0.25) is 4.79 Å². The largest absolute Gasteiger partial charge is 0.355 e. The van der Waals surface area contributed by atoms with E-state index in [9.17, 15) is 4.79 Å². The fourth-order valence-electron chi connectivity index (χ4n) is 3.84. The minimum Gasteiger partial charge on any atom is -0.355 e. The van der Waals surface area contributed by atoms with Crippen molar-refractivity contribution in [3.63, 3.8) is 0 Å². The molecule has 0 radical (unpaired) electrons. The maximum absolute atomic E-state index is 12.4. The lowest BCUT2D eigenvalue weighted by molar-refractivity contribution is -0.130. The minimum absolute atomic E-state index is 0.227. The van der Waals surface area contributed by atoms with Gasteiger partial charge in [0.2, 0.25) is 5.91 Å². The smallest absolute Gasteiger partial charge is 0.227 e. The van der Waals surface area contributed by atoms with E-state index in [4.69, 9.17) is 5.73 Å². The number of amides is 1. The van der Waals surface area contributed by atoms with Gasteiger partial charge in [0.15, 0.2) is 0 Å². The SMILES string of the molecule is CCC1CCC(CNC(=O)C2(CN)CCCC2)CC1. The maximum Gasteiger partial charge on any atom is 0.227 e. The van der Waals surface area contributed by atoms with Gasteiger partial charge >= 0.3 is 0 Å². The molecule has 0 aromatic carbocycles. The molecule has 110 valence electrons. The molecule has 2 fully saturated rings. The van der Waals surface area contributed by atoms with Crippen molar-refractivity contribution < 1.29 is 4.79 Å². The first kappa shape index (κ1) is 14.8. The van der Waals surface area contributed by atoms with Crippen LogP contribution >= 0.6 is 0 Å². The van der Waals surface area contributed by atoms with Crippen molar-refractivity contribution in [2.75, 3.05) is 13.1 Å². The van der Waals surface area contributed by atoms with Crippen LogP contribution in [0.15, 0.2) is 0 Å². The molecule has 3 nitrogen and oxygen atoms in total. The molecule has 0 atom stereocenters. The maximum atomic E-state index is 12.4. The Kier molecular flexibility index (Phi) is 5.26. The summed E-state index contributed by atoms with van der Waals surface area (Å²) < 4.78 is 0. The van der Waals surface area contributed by atoms with E-state index in [1.807, 2.05) is 0 Å². The minimum atomic E-state index is -0.235. The molecule has 19 heavy (non-hydrogen) atoms. The van der Waals surface area contributed by atoms with Crippen molar-refractivity contribution in [3.8, 4) is 0 Å². The van der Waals surface area contributed by atoms with Gasteiger partial charge < -0.3 is 11.1 Å². The fraction of sp³-hybridized carbons (Fsp3) is 0.938. The van der Waals surface area contributed by atoms with Crippen LogP contribution in [0.1, 0.15) is 64.7 Å². The van der Waals surface area contributed by atoms with Crippen molar-refractivity contribution in [1.29, 1.82) is 0 Å². The van der Waals surface area contributed by atoms with Crippen molar-refractivity contribution in [1.82, 2.24) is 5.32 Å². The van der Waals surface area contributed by atoms with Crippen LogP contribution in [-0.2, 0) is 4.79 Å². The van der Waals surface area contributed by atoms with Gasteiger partial charge in [0, 0.05) is 13.1 Å². The summed E-state index contributed by atoms with van der Waals surface area (Å²) >= 11 is 0. The van der Waals surface area contributed by atoms with Crippen LogP contribution in [0.2, 0.25) is 0 Å². The second-order valence-electron chi connectivity index (χ2n) is 6.70. The van der Waals surface area contributed by atoms with E-state index in [0.29, 0.717) is 12.5 Å². The second-order valence-corrected chi connectivity index (χ2v) is 6.70. The van der Waals surface area contributed by atoms with Crippen LogP contribution in [0.4, 0.5) is 0 Å². The lowest BCUT2D eigenvalue weighted by Crippen LogP contribution is -2.45. The zero-order valence-corrected chi connectivity index (χ0v) is 12.4. The molecule has 3 N–H and O–H groups in total. The molecule has 2 rings (SSSR count). The molecule has 0 heterocycles. The average Bonchev–Trinajstić information content (AvgIpc) is 2.95. The molecule has 2 saturated carbocycles. The summed E-state index contributed by atoms with van der Waals surface area (Å²) in [5.74, 6) is 1.85. The number of nitrogens with one attached hydrogen (secondary N) is 1. The summed E-state index contributed by atoms with van der Waals surface area (Å²) in [4.78, 5) is 12.4. The van der Waals surface area contributed by atoms with Crippen LogP contribution in [0.3, 0.4) is 0 Å². The molecular formula is C16H30N2O. The van der Waals surface area contributed by atoms with E-state index < -0.39 is 0 Å². The number of rotatable bonds is 5. The number of hydrogen-bond acceptors (Lipinski definition) is 2. The predicted octanol–water partition coefficient (Wildman–Crippen LogP) is 2.84. The number of hydrogen-bond donors (Lipinski definition) is 2. The van der Waals surface area contributed by atoms with Gasteiger partial charge in [-0.15, -0.1) is 0 Å². The van der Waals surface area contributed by atoms with Crippen LogP contribution in [0.25, 0.3) is 0 Å². The van der Waals surface area contributed by atoms with Crippen molar-refractivity contribution in [3.05, 3.63) is 0 Å². The highest BCUT2D eigenvalue weighted by Gasteiger charge is 2.39. The van der Waals surface area contributed by atoms with E-state index >= 15 is 0 Å². The van der Waals surface area contributed by atoms with Crippen LogP contribution < -0.4 is 11.1 Å². The summed E-state index contributed by atoms with van der Waals surface area (Å²) in [6, 6.07) is 0. The molecule has 0 spiro atoms. The standard InChI is InChI=1S/C16H30N2O/c1-2-13-5-7-14(8-6-13)11-18-15(19)16(12-17)9-3-4-10-16/h13-14H,2-12,17H2,1H3,(H,18,19). The summed E-state index contributed by atoms with van der Waals surface area (Å²) in [7, 11) is 0. The van der Waals surface area contributed by atoms with E-state index in [0.717, 1.165) is 38.1 Å². The summed E-state index contributed by atoms with van der Waals surface area (Å²) in [6.45, 7) is 3.68. The van der Waals surface area contributed by atoms with Crippen molar-refractivity contribution in [2.45, 2.75) is 64.7 Å². The van der Waals surface area contributed by atoms with Gasteiger partial charge in [0.05, 0.1) is 5.41 Å². The molecule has 0 bridgehead atoms. The van der Waals surface area contributed by atoms with Gasteiger partial charge in [0.1, 0.15) is 0 Å². The highest BCUT2D eigenvalue weighted by molar-refractivity contribution is 5.83. The Hall–Kier alpha value is -0.570. The quantitative estimate of drug-likeness (QED) is 0.804. The zero-order valence-electron chi connectivity index (χ0n) is 12.4. The molecule has 0 unspecified atom stereocenters. The molecule has 2 aliphatic rings. The molecule has 0 aromatic heterocycles. The first-order valence-electron chi connectivity index (χ1n) is 8.18. The van der Waals surface area contributed by atoms with E-state index in [2.05, 4.69) is 12.2 Å². The number of carbonyl (C=O) groups is 1. The summed E-state index contributed by atoms with van der Waals surface area (Å²) in [5.41, 5.74) is 5.62. The third kappa shape index (κ3) is 3.50. The van der Waals surface area contributed by atoms with Crippen molar-refractivity contribution in [2.24, 2.45) is 23.0 Å². The molecule has 2 aliphatic carbocycles. The first-order chi connectivity index (χ1) is 9.20. The molecule has 0 aromatic rings. The third-order valence-corrected chi connectivity index (χ3v) is 5.53. The summed E-state index contributed by atoms with van der Waals surface area (Å²) in [5, 5.41) is 3.20. The lowest BCUT2D eigenvalue weighted by Gasteiger charge is -2.30. The number of nitrogens with two attached hydrogens (primary N) is 1. The van der Waals surface area contributed by atoms with Crippen LogP contribution in [0, 0.1) is 17.3 Å². The van der Waals surface area contributed by atoms with Crippen molar-refractivity contribution >= 4 is 5.91 Å². The zero-order chi connectivity index (χ0) is 13.7. The Morgan fingerprint density at radius 1 is 1.16 bits per heavy atom. The molecular weight excluding hydrogens is 236 g/mol. The predicted molar refractivity (Wildman–Crippen MR) is 78.7 cm³/mol. The Labute approximate surface area is 117 Å². The Morgan fingerprint density at radius 2 is 1.74 bits per heavy atom. The monoisotopic (exact) mass is 266 g/mol. The third-order valence-electron chi connectivity index (χ3n) is 5.53. The number of carbonyl (C=O) groups excluding carboxylic acids is 1. The Bertz CT molecular complexity index is 289. The van der Waals surface area contributed by atoms with Gasteiger partial charge in [-0.25, -0.2) is 0 Å². The topological polar surface area (TPSA) is 55.1 Å². The first-order valence-corrected chi connectivity index (χ1v) is 8.18. The molecule has 0 aliphatic heterocycles. The second kappa shape index (κ2) is 6.74. The summed E-state index contributed by atoms with van der Waals surface area (Å²) in [6.07, 6.45) is 10.9. The highest BCUT2D eigenvalue weighted by Crippen LogP contribution is 2.37. The molecule has 0 saturated heterocycles. The van der Waals surface area contributed by atoms with E-state index in [1.165, 1.54) is 32.1 Å². The van der Waals surface area contributed by atoms with Gasteiger partial charge in [-0.05, 0) is 37.5 Å². The molecule has 1 amide bonds. The Morgan fingerprint density at radius 3 is 2.26 bits per heavy atom. The normalized spacial score (nSPS) is 30.2. The average molecular weight is 266 g/mol. The van der Waals surface area contributed by atoms with Crippen LogP contribution in [-0.4, -0.2) is 19.0 Å². The van der Waals surface area contributed by atoms with Crippen LogP contribution in [0.5, 0.6) is 0 Å². The van der Waals surface area contributed by atoms with Gasteiger partial charge in [-0.1, -0.05) is 39.0 Å². The van der Waals surface area contributed by atoms with Gasteiger partial charge in [-0.2, -0.15) is 0 Å². The highest BCUT2D eigenvalue weighted by atomic mass is 16.2. The Balaban J connectivity index is 1.74. The van der Waals surface area contributed by atoms with E-state index in [-0.39, 0.29) is 11.3 Å².